The van der Waals surface area contributed by atoms with E-state index in [1.807, 2.05) is 18.3 Å². The molecule has 0 saturated heterocycles. The second-order valence-electron chi connectivity index (χ2n) is 8.41. The van der Waals surface area contributed by atoms with E-state index in [4.69, 9.17) is 4.98 Å². The maximum atomic E-state index is 12.0. The van der Waals surface area contributed by atoms with E-state index >= 15 is 0 Å². The van der Waals surface area contributed by atoms with Gasteiger partial charge in [0.2, 0.25) is 11.9 Å². The zero-order valence-corrected chi connectivity index (χ0v) is 17.8. The smallest absolute Gasteiger partial charge is 0.227 e. The number of anilines is 3. The van der Waals surface area contributed by atoms with Gasteiger partial charge in [-0.15, -0.1) is 0 Å². The van der Waals surface area contributed by atoms with Gasteiger partial charge in [-0.25, -0.2) is 4.98 Å². The number of carbonyl (C=O) groups is 1. The van der Waals surface area contributed by atoms with Crippen molar-refractivity contribution in [2.45, 2.75) is 70.8 Å². The van der Waals surface area contributed by atoms with Crippen LogP contribution in [0.15, 0.2) is 24.5 Å². The van der Waals surface area contributed by atoms with Crippen LogP contribution in [0, 0.1) is 5.92 Å². The summed E-state index contributed by atoms with van der Waals surface area (Å²) in [4.78, 5) is 25.8. The molecule has 2 fully saturated rings. The number of amides is 1. The quantitative estimate of drug-likeness (QED) is 0.514. The van der Waals surface area contributed by atoms with Gasteiger partial charge in [0.1, 0.15) is 5.82 Å². The van der Waals surface area contributed by atoms with Crippen LogP contribution < -0.4 is 16.0 Å². The number of hydrogen-bond donors (Lipinski definition) is 3. The molecule has 2 aliphatic rings. The van der Waals surface area contributed by atoms with Crippen molar-refractivity contribution < 1.29 is 4.79 Å². The zero-order valence-electron chi connectivity index (χ0n) is 17.8. The Bertz CT molecular complexity index is 843. The molecule has 0 spiro atoms. The van der Waals surface area contributed by atoms with Gasteiger partial charge in [-0.3, -0.25) is 9.78 Å². The van der Waals surface area contributed by atoms with Crippen molar-refractivity contribution in [3.8, 4) is 11.3 Å². The summed E-state index contributed by atoms with van der Waals surface area (Å²) in [5.74, 6) is 1.75. The summed E-state index contributed by atoms with van der Waals surface area (Å²) in [6.45, 7) is 3.04. The molecule has 30 heavy (non-hydrogen) atoms. The maximum absolute atomic E-state index is 12.0. The molecular formula is C23H32N6O. The van der Waals surface area contributed by atoms with Gasteiger partial charge in [0.15, 0.2) is 0 Å². The fraction of sp³-hybridized carbons (Fsp3) is 0.565. The summed E-state index contributed by atoms with van der Waals surface area (Å²) in [6, 6.07) is 4.27. The van der Waals surface area contributed by atoms with Crippen LogP contribution in [-0.4, -0.2) is 33.4 Å². The lowest BCUT2D eigenvalue weighted by Crippen LogP contribution is -2.23. The van der Waals surface area contributed by atoms with Crippen LogP contribution in [0.5, 0.6) is 0 Å². The largest absolute Gasteiger partial charge is 0.367 e. The van der Waals surface area contributed by atoms with E-state index in [1.165, 1.54) is 32.1 Å². The first kappa shape index (κ1) is 20.6. The number of pyridine rings is 1. The van der Waals surface area contributed by atoms with Crippen LogP contribution in [0.25, 0.3) is 11.3 Å². The predicted molar refractivity (Wildman–Crippen MR) is 121 cm³/mol. The Hall–Kier alpha value is -2.70. The van der Waals surface area contributed by atoms with E-state index in [2.05, 4.69) is 32.8 Å². The van der Waals surface area contributed by atoms with Crippen LogP contribution in [-0.2, 0) is 4.79 Å². The standard InChI is InChI=1S/C23H32N6O/c1-2-3-13-24-23-26-15-19(21(29-23)27-17-7-5-4-6-8-17)20-12-11-18(14-25-20)28-22(30)16-9-10-16/h11-12,14-17H,2-10,13H2,1H3,(H,28,30)(H2,24,26,27,29). The molecule has 1 amide bonds. The number of hydrogen-bond acceptors (Lipinski definition) is 6. The van der Waals surface area contributed by atoms with Crippen LogP contribution in [0.3, 0.4) is 0 Å². The van der Waals surface area contributed by atoms with Crippen molar-refractivity contribution in [1.82, 2.24) is 15.0 Å². The molecule has 2 aliphatic carbocycles. The normalized spacial score (nSPS) is 16.8. The Morgan fingerprint density at radius 1 is 1.07 bits per heavy atom. The van der Waals surface area contributed by atoms with Crippen molar-refractivity contribution in [1.29, 1.82) is 0 Å². The summed E-state index contributed by atoms with van der Waals surface area (Å²) in [7, 11) is 0. The number of unbranched alkanes of at least 4 members (excludes halogenated alkanes) is 1. The highest BCUT2D eigenvalue weighted by atomic mass is 16.2. The number of rotatable bonds is 9. The minimum absolute atomic E-state index is 0.0926. The lowest BCUT2D eigenvalue weighted by molar-refractivity contribution is -0.117. The lowest BCUT2D eigenvalue weighted by atomic mass is 9.95. The fourth-order valence-corrected chi connectivity index (χ4v) is 3.80. The van der Waals surface area contributed by atoms with E-state index in [0.29, 0.717) is 12.0 Å². The molecular weight excluding hydrogens is 376 g/mol. The van der Waals surface area contributed by atoms with Gasteiger partial charge in [0.25, 0.3) is 0 Å². The van der Waals surface area contributed by atoms with Crippen molar-refractivity contribution >= 4 is 23.4 Å². The van der Waals surface area contributed by atoms with Crippen molar-refractivity contribution in [2.24, 2.45) is 5.92 Å². The van der Waals surface area contributed by atoms with E-state index < -0.39 is 0 Å². The van der Waals surface area contributed by atoms with E-state index in [9.17, 15) is 4.79 Å². The summed E-state index contributed by atoms with van der Waals surface area (Å²) in [6.07, 6.45) is 13.9. The lowest BCUT2D eigenvalue weighted by Gasteiger charge is -2.24. The average Bonchev–Trinajstić information content (AvgIpc) is 3.61. The fourth-order valence-electron chi connectivity index (χ4n) is 3.80. The highest BCUT2D eigenvalue weighted by molar-refractivity contribution is 5.94. The third-order valence-corrected chi connectivity index (χ3v) is 5.80. The minimum atomic E-state index is 0.0926. The van der Waals surface area contributed by atoms with Crippen molar-refractivity contribution in [2.75, 3.05) is 22.5 Å². The Morgan fingerprint density at radius 2 is 1.90 bits per heavy atom. The summed E-state index contributed by atoms with van der Waals surface area (Å²) >= 11 is 0. The van der Waals surface area contributed by atoms with Gasteiger partial charge in [-0.05, 0) is 44.2 Å². The van der Waals surface area contributed by atoms with E-state index in [-0.39, 0.29) is 11.8 Å². The molecule has 7 nitrogen and oxygen atoms in total. The molecule has 0 unspecified atom stereocenters. The number of nitrogens with zero attached hydrogens (tertiary/aromatic N) is 3. The summed E-state index contributed by atoms with van der Waals surface area (Å²) < 4.78 is 0. The molecule has 2 aromatic rings. The van der Waals surface area contributed by atoms with Crippen LogP contribution in [0.1, 0.15) is 64.7 Å². The summed E-state index contributed by atoms with van der Waals surface area (Å²) in [5, 5.41) is 9.91. The van der Waals surface area contributed by atoms with Gasteiger partial charge in [-0.1, -0.05) is 32.6 Å². The van der Waals surface area contributed by atoms with Gasteiger partial charge in [-0.2, -0.15) is 4.98 Å². The minimum Gasteiger partial charge on any atom is -0.367 e. The first-order valence-electron chi connectivity index (χ1n) is 11.4. The zero-order chi connectivity index (χ0) is 20.8. The monoisotopic (exact) mass is 408 g/mol. The topological polar surface area (TPSA) is 91.8 Å². The molecule has 2 saturated carbocycles. The average molecular weight is 409 g/mol. The first-order valence-corrected chi connectivity index (χ1v) is 11.4. The first-order chi connectivity index (χ1) is 14.7. The summed E-state index contributed by atoms with van der Waals surface area (Å²) in [5.41, 5.74) is 2.43. The molecule has 0 atom stereocenters. The molecule has 7 heteroatoms. The molecule has 0 aromatic carbocycles. The highest BCUT2D eigenvalue weighted by Gasteiger charge is 2.29. The van der Waals surface area contributed by atoms with Crippen molar-refractivity contribution in [3.05, 3.63) is 24.5 Å². The second kappa shape index (κ2) is 9.87. The van der Waals surface area contributed by atoms with Gasteiger partial charge >= 0.3 is 0 Å². The second-order valence-corrected chi connectivity index (χ2v) is 8.41. The highest BCUT2D eigenvalue weighted by Crippen LogP contribution is 2.31. The number of nitrogens with one attached hydrogen (secondary N) is 3. The Morgan fingerprint density at radius 3 is 2.60 bits per heavy atom. The molecule has 4 rings (SSSR count). The molecule has 2 aromatic heterocycles. The molecule has 160 valence electrons. The number of aromatic nitrogens is 3. The molecule has 0 radical (unpaired) electrons. The van der Waals surface area contributed by atoms with Gasteiger partial charge in [0.05, 0.1) is 23.1 Å². The maximum Gasteiger partial charge on any atom is 0.227 e. The Labute approximate surface area is 178 Å². The molecule has 2 heterocycles. The van der Waals surface area contributed by atoms with Gasteiger partial charge in [0, 0.05) is 24.7 Å². The third-order valence-electron chi connectivity index (χ3n) is 5.80. The molecule has 3 N–H and O–H groups in total. The van der Waals surface area contributed by atoms with Crippen LogP contribution in [0.2, 0.25) is 0 Å². The molecule has 0 aliphatic heterocycles. The van der Waals surface area contributed by atoms with E-state index in [0.717, 1.165) is 55.0 Å². The molecule has 0 bridgehead atoms. The SMILES string of the molecule is CCCCNc1ncc(-c2ccc(NC(=O)C3CC3)cn2)c(NC2CCCCC2)n1. The van der Waals surface area contributed by atoms with Gasteiger partial charge < -0.3 is 16.0 Å². The van der Waals surface area contributed by atoms with E-state index in [1.54, 1.807) is 6.20 Å². The van der Waals surface area contributed by atoms with Crippen molar-refractivity contribution in [3.63, 3.8) is 0 Å². The van der Waals surface area contributed by atoms with Crippen LogP contribution >= 0.6 is 0 Å². The number of carbonyl (C=O) groups excluding carboxylic acids is 1. The Kier molecular flexibility index (Phi) is 6.77. The predicted octanol–water partition coefficient (Wildman–Crippen LogP) is 4.84. The van der Waals surface area contributed by atoms with Crippen LogP contribution in [0.4, 0.5) is 17.5 Å². The Balaban J connectivity index is 1.52. The third kappa shape index (κ3) is 5.46.